The fourth-order valence-corrected chi connectivity index (χ4v) is 7.70. The van der Waals surface area contributed by atoms with E-state index >= 15 is 0 Å². The lowest BCUT2D eigenvalue weighted by atomic mass is 9.76. The Bertz CT molecular complexity index is 1900. The van der Waals surface area contributed by atoms with E-state index in [0.29, 0.717) is 54.3 Å². The number of imidazole rings is 1. The topological polar surface area (TPSA) is 80.8 Å². The van der Waals surface area contributed by atoms with Crippen LogP contribution in [0.15, 0.2) is 95.6 Å². The summed E-state index contributed by atoms with van der Waals surface area (Å²) in [5.41, 5.74) is 3.33. The molecule has 3 aromatic carbocycles. The highest BCUT2D eigenvalue weighted by Crippen LogP contribution is 2.41. The highest BCUT2D eigenvalue weighted by atomic mass is 35.5. The largest absolute Gasteiger partial charge is 0.467 e. The lowest BCUT2D eigenvalue weighted by molar-refractivity contribution is 0.0778. The average molecular weight is 700 g/mol. The van der Waals surface area contributed by atoms with Gasteiger partial charge < -0.3 is 23.5 Å². The summed E-state index contributed by atoms with van der Waals surface area (Å²) in [5.74, 6) is 1.34. The number of piperidine rings is 1. The molecule has 0 N–H and O–H groups in total. The molecule has 4 heterocycles. The van der Waals surface area contributed by atoms with Gasteiger partial charge in [0.25, 0.3) is 5.91 Å². The molecule has 0 spiro atoms. The van der Waals surface area contributed by atoms with E-state index in [1.54, 1.807) is 6.26 Å². The van der Waals surface area contributed by atoms with Crippen LogP contribution >= 0.6 is 23.2 Å². The van der Waals surface area contributed by atoms with Gasteiger partial charge in [-0.2, -0.15) is 0 Å². The van der Waals surface area contributed by atoms with Gasteiger partial charge in [0.1, 0.15) is 12.4 Å². The number of aromatic nitrogens is 2. The van der Waals surface area contributed by atoms with Gasteiger partial charge >= 0.3 is 0 Å². The van der Waals surface area contributed by atoms with Crippen molar-refractivity contribution in [1.29, 1.82) is 0 Å². The summed E-state index contributed by atoms with van der Waals surface area (Å²) >= 11 is 12.8. The summed E-state index contributed by atoms with van der Waals surface area (Å²) in [6, 6.07) is 27.0. The Morgan fingerprint density at radius 2 is 1.69 bits per heavy atom. The fourth-order valence-electron chi connectivity index (χ4n) is 7.41. The number of benzene rings is 3. The summed E-state index contributed by atoms with van der Waals surface area (Å²) < 4.78 is 13.2. The number of amides is 1. The van der Waals surface area contributed by atoms with Gasteiger partial charge in [0, 0.05) is 36.5 Å². The molecule has 0 radical (unpaired) electrons. The maximum absolute atomic E-state index is 14.0. The van der Waals surface area contributed by atoms with Crippen LogP contribution < -0.4 is 0 Å². The molecule has 1 unspecified atom stereocenters. The van der Waals surface area contributed by atoms with E-state index in [2.05, 4.69) is 11.0 Å². The van der Waals surface area contributed by atoms with Gasteiger partial charge in [-0.25, -0.2) is 4.98 Å². The second-order valence-corrected chi connectivity index (χ2v) is 14.0. The molecule has 1 amide bonds. The molecule has 2 aliphatic rings. The number of fused-ring (bicyclic) bond motifs is 1. The second kappa shape index (κ2) is 14.9. The number of halogens is 2. The van der Waals surface area contributed by atoms with Gasteiger partial charge in [0.15, 0.2) is 5.82 Å². The Labute approximate surface area is 296 Å². The van der Waals surface area contributed by atoms with E-state index in [1.807, 2.05) is 88.3 Å². The van der Waals surface area contributed by atoms with Gasteiger partial charge in [-0.15, -0.1) is 0 Å². The smallest absolute Gasteiger partial charge is 0.253 e. The Balaban J connectivity index is 1.00. The molecule has 10 heteroatoms. The van der Waals surface area contributed by atoms with E-state index < -0.39 is 0 Å². The van der Waals surface area contributed by atoms with Crippen LogP contribution in [-0.4, -0.2) is 70.4 Å². The zero-order valence-corrected chi connectivity index (χ0v) is 28.9. The number of ketones is 1. The summed E-state index contributed by atoms with van der Waals surface area (Å²) in [7, 11) is 0. The number of carbonyl (C=O) groups excluding carboxylic acids is 2. The van der Waals surface area contributed by atoms with Gasteiger partial charge in [0.05, 0.1) is 33.9 Å². The number of para-hydroxylation sites is 2. The second-order valence-electron chi connectivity index (χ2n) is 13.2. The van der Waals surface area contributed by atoms with Crippen LogP contribution in [0.25, 0.3) is 11.0 Å². The lowest BCUT2D eigenvalue weighted by Crippen LogP contribution is -2.41. The van der Waals surface area contributed by atoms with Crippen LogP contribution in [-0.2, 0) is 23.3 Å². The average Bonchev–Trinajstić information content (AvgIpc) is 3.90. The number of carbonyl (C=O) groups is 2. The molecule has 0 bridgehead atoms. The van der Waals surface area contributed by atoms with Crippen molar-refractivity contribution < 1.29 is 18.7 Å². The fraction of sp³-hybridized carbons (Fsp3) is 0.359. The van der Waals surface area contributed by atoms with E-state index in [4.69, 9.17) is 37.3 Å². The van der Waals surface area contributed by atoms with Crippen molar-refractivity contribution in [3.05, 3.63) is 124 Å². The zero-order valence-electron chi connectivity index (χ0n) is 27.4. The Morgan fingerprint density at radius 3 is 2.47 bits per heavy atom. The third kappa shape index (κ3) is 7.33. The number of likely N-dealkylation sites (tertiary alicyclic amines) is 2. The lowest BCUT2D eigenvalue weighted by Gasteiger charge is -2.36. The maximum Gasteiger partial charge on any atom is 0.253 e. The summed E-state index contributed by atoms with van der Waals surface area (Å²) in [6.07, 6.45) is 4.90. The Morgan fingerprint density at radius 1 is 0.898 bits per heavy atom. The third-order valence-corrected chi connectivity index (χ3v) is 11.0. The number of nitrogens with zero attached hydrogens (tertiary/aromatic N) is 4. The van der Waals surface area contributed by atoms with Gasteiger partial charge in [-0.1, -0.05) is 59.6 Å². The van der Waals surface area contributed by atoms with E-state index in [9.17, 15) is 9.59 Å². The van der Waals surface area contributed by atoms with Crippen molar-refractivity contribution in [2.45, 2.75) is 44.2 Å². The molecule has 2 aliphatic heterocycles. The molecule has 8 nitrogen and oxygen atoms in total. The Kier molecular flexibility index (Phi) is 10.2. The molecule has 7 rings (SSSR count). The first kappa shape index (κ1) is 33.5. The summed E-state index contributed by atoms with van der Waals surface area (Å²) in [5, 5.41) is 1.05. The van der Waals surface area contributed by atoms with Crippen molar-refractivity contribution in [2.75, 3.05) is 39.3 Å². The highest BCUT2D eigenvalue weighted by Gasteiger charge is 2.42. The SMILES string of the molecule is O=C(c1nc2ccccc2n1CCOCc1ccco1)C1CCN(CCC2(c3ccc(Cl)c(Cl)c3)CCN(C(=O)c3ccccc3)C2)CC1. The number of rotatable bonds is 12. The van der Waals surface area contributed by atoms with Crippen LogP contribution in [0, 0.1) is 5.92 Å². The normalized spacial score (nSPS) is 18.8. The molecule has 2 aromatic heterocycles. The molecule has 0 saturated carbocycles. The van der Waals surface area contributed by atoms with Gasteiger partial charge in [-0.05, 0) is 99.4 Å². The molecule has 1 atom stereocenters. The summed E-state index contributed by atoms with van der Waals surface area (Å²) in [4.78, 5) is 36.6. The minimum atomic E-state index is -0.241. The van der Waals surface area contributed by atoms with Crippen molar-refractivity contribution in [3.8, 4) is 0 Å². The molecular formula is C39H40Cl2N4O4. The van der Waals surface area contributed by atoms with E-state index in [1.165, 1.54) is 0 Å². The van der Waals surface area contributed by atoms with Crippen LogP contribution in [0.3, 0.4) is 0 Å². The van der Waals surface area contributed by atoms with Crippen LogP contribution in [0.4, 0.5) is 0 Å². The van der Waals surface area contributed by atoms with Crippen molar-refractivity contribution in [1.82, 2.24) is 19.4 Å². The maximum atomic E-state index is 14.0. The van der Waals surface area contributed by atoms with Crippen LogP contribution in [0.1, 0.15) is 58.0 Å². The predicted molar refractivity (Wildman–Crippen MR) is 191 cm³/mol. The molecule has 2 fully saturated rings. The van der Waals surface area contributed by atoms with E-state index in [0.717, 1.165) is 67.7 Å². The monoisotopic (exact) mass is 698 g/mol. The molecule has 5 aromatic rings. The molecule has 2 saturated heterocycles. The molecule has 0 aliphatic carbocycles. The predicted octanol–water partition coefficient (Wildman–Crippen LogP) is 7.92. The van der Waals surface area contributed by atoms with Crippen molar-refractivity contribution in [2.24, 2.45) is 5.92 Å². The molecule has 254 valence electrons. The highest BCUT2D eigenvalue weighted by molar-refractivity contribution is 6.42. The van der Waals surface area contributed by atoms with Gasteiger partial charge in [-0.3, -0.25) is 9.59 Å². The van der Waals surface area contributed by atoms with Crippen LogP contribution in [0.2, 0.25) is 10.0 Å². The first-order valence-corrected chi connectivity index (χ1v) is 17.8. The number of hydrogen-bond acceptors (Lipinski definition) is 6. The first-order valence-electron chi connectivity index (χ1n) is 17.0. The Hall–Kier alpha value is -3.95. The number of furan rings is 1. The molecule has 49 heavy (non-hydrogen) atoms. The van der Waals surface area contributed by atoms with Crippen molar-refractivity contribution >= 4 is 45.9 Å². The number of ether oxygens (including phenoxy) is 1. The zero-order chi connectivity index (χ0) is 33.8. The number of hydrogen-bond donors (Lipinski definition) is 0. The van der Waals surface area contributed by atoms with Crippen LogP contribution in [0.5, 0.6) is 0 Å². The molecular weight excluding hydrogens is 659 g/mol. The standard InChI is InChI=1S/C39H40Cl2N4O4/c40-32-13-12-30(25-33(32)41)39(17-21-44(27-39)38(47)29-7-2-1-3-8-29)16-20-43-18-14-28(15-19-43)36(46)37-42-34-10-4-5-11-35(34)45(37)22-24-48-26-31-9-6-23-49-31/h1-13,23,25,28H,14-22,24,26-27H2. The summed E-state index contributed by atoms with van der Waals surface area (Å²) in [6.45, 7) is 5.17. The third-order valence-electron chi connectivity index (χ3n) is 10.2. The first-order chi connectivity index (χ1) is 23.9. The van der Waals surface area contributed by atoms with Crippen molar-refractivity contribution in [3.63, 3.8) is 0 Å². The quantitative estimate of drug-likeness (QED) is 0.0973. The number of Topliss-reactive ketones (excluding diaryl/α,β-unsaturated/α-hetero) is 1. The van der Waals surface area contributed by atoms with Gasteiger partial charge in [0.2, 0.25) is 5.78 Å². The minimum Gasteiger partial charge on any atom is -0.467 e. The minimum absolute atomic E-state index is 0.0527. The van der Waals surface area contributed by atoms with E-state index in [-0.39, 0.29) is 23.0 Å².